The van der Waals surface area contributed by atoms with Crippen molar-refractivity contribution in [1.82, 2.24) is 24.8 Å². The summed E-state index contributed by atoms with van der Waals surface area (Å²) in [5.74, 6) is -0.0883. The second-order valence-electron chi connectivity index (χ2n) is 6.89. The number of hydrogen-bond acceptors (Lipinski definition) is 6. The lowest BCUT2D eigenvalue weighted by atomic mass is 10.2. The van der Waals surface area contributed by atoms with Crippen molar-refractivity contribution in [3.8, 4) is 5.69 Å². The number of rotatable bonds is 4. The lowest BCUT2D eigenvalue weighted by molar-refractivity contribution is -0.0112. The maximum Gasteiger partial charge on any atom is 0.276 e. The molecule has 2 aliphatic heterocycles. The number of amides is 1. The van der Waals surface area contributed by atoms with Gasteiger partial charge >= 0.3 is 0 Å². The molecular formula is C19H25N5O3. The van der Waals surface area contributed by atoms with Gasteiger partial charge in [0.15, 0.2) is 5.69 Å². The van der Waals surface area contributed by atoms with Gasteiger partial charge in [-0.15, -0.1) is 5.10 Å². The van der Waals surface area contributed by atoms with Crippen molar-refractivity contribution < 1.29 is 14.3 Å². The quantitative estimate of drug-likeness (QED) is 0.793. The van der Waals surface area contributed by atoms with Gasteiger partial charge in [-0.25, -0.2) is 4.68 Å². The first-order chi connectivity index (χ1) is 13.3. The zero-order chi connectivity index (χ0) is 18.5. The topological polar surface area (TPSA) is 72.7 Å². The van der Waals surface area contributed by atoms with Crippen LogP contribution in [0.2, 0.25) is 0 Å². The van der Waals surface area contributed by atoms with Crippen LogP contribution in [-0.2, 0) is 9.47 Å². The van der Waals surface area contributed by atoms with Crippen molar-refractivity contribution in [2.75, 3.05) is 52.5 Å². The highest BCUT2D eigenvalue weighted by atomic mass is 16.5. The van der Waals surface area contributed by atoms with Crippen molar-refractivity contribution in [2.24, 2.45) is 0 Å². The summed E-state index contributed by atoms with van der Waals surface area (Å²) < 4.78 is 13.0. The van der Waals surface area contributed by atoms with Crippen molar-refractivity contribution in [3.05, 3.63) is 42.2 Å². The molecule has 2 aliphatic rings. The molecule has 2 fully saturated rings. The highest BCUT2D eigenvalue weighted by Gasteiger charge is 2.27. The molecule has 1 amide bonds. The zero-order valence-electron chi connectivity index (χ0n) is 15.4. The molecule has 1 atom stereocenters. The first-order valence-corrected chi connectivity index (χ1v) is 9.48. The number of carbonyl (C=O) groups excluding carboxylic acids is 1. The SMILES string of the molecule is O=C(c1cn(-c2ccccc2)nn1)N1CCCO[C@@H](CN2CCOCC2)C1. The van der Waals surface area contributed by atoms with Crippen LogP contribution in [0, 0.1) is 0 Å². The summed E-state index contributed by atoms with van der Waals surface area (Å²) in [5.41, 5.74) is 1.25. The molecule has 0 N–H and O–H groups in total. The van der Waals surface area contributed by atoms with Crippen LogP contribution >= 0.6 is 0 Å². The van der Waals surface area contributed by atoms with Crippen LogP contribution in [0.15, 0.2) is 36.5 Å². The number of nitrogens with zero attached hydrogens (tertiary/aromatic N) is 5. The van der Waals surface area contributed by atoms with Gasteiger partial charge in [-0.1, -0.05) is 23.4 Å². The molecule has 144 valence electrons. The Morgan fingerprint density at radius 1 is 1.11 bits per heavy atom. The Balaban J connectivity index is 1.42. The van der Waals surface area contributed by atoms with Crippen LogP contribution in [0.5, 0.6) is 0 Å². The Morgan fingerprint density at radius 2 is 1.93 bits per heavy atom. The molecule has 2 aromatic rings. The van der Waals surface area contributed by atoms with E-state index in [0.717, 1.165) is 45.0 Å². The molecule has 0 bridgehead atoms. The molecule has 27 heavy (non-hydrogen) atoms. The van der Waals surface area contributed by atoms with Crippen molar-refractivity contribution in [3.63, 3.8) is 0 Å². The van der Waals surface area contributed by atoms with Crippen LogP contribution in [-0.4, -0.2) is 89.3 Å². The van der Waals surface area contributed by atoms with E-state index in [0.29, 0.717) is 25.4 Å². The highest BCUT2D eigenvalue weighted by molar-refractivity contribution is 5.92. The van der Waals surface area contributed by atoms with Crippen LogP contribution < -0.4 is 0 Å². The predicted octanol–water partition coefficient (Wildman–Crippen LogP) is 0.831. The fourth-order valence-electron chi connectivity index (χ4n) is 3.49. The third-order valence-electron chi connectivity index (χ3n) is 4.94. The Morgan fingerprint density at radius 3 is 2.74 bits per heavy atom. The summed E-state index contributed by atoms with van der Waals surface area (Å²) in [4.78, 5) is 17.1. The highest BCUT2D eigenvalue weighted by Crippen LogP contribution is 2.13. The fourth-order valence-corrected chi connectivity index (χ4v) is 3.49. The minimum Gasteiger partial charge on any atom is -0.379 e. The van der Waals surface area contributed by atoms with Crippen molar-refractivity contribution in [1.29, 1.82) is 0 Å². The summed E-state index contributed by atoms with van der Waals surface area (Å²) in [7, 11) is 0. The fraction of sp³-hybridized carbons (Fsp3) is 0.526. The number of carbonyl (C=O) groups is 1. The first kappa shape index (κ1) is 18.1. The molecule has 1 aromatic carbocycles. The normalized spacial score (nSPS) is 21.8. The molecular weight excluding hydrogens is 346 g/mol. The Labute approximate surface area is 158 Å². The number of hydrogen-bond donors (Lipinski definition) is 0. The number of ether oxygens (including phenoxy) is 2. The molecule has 3 heterocycles. The molecule has 0 saturated carbocycles. The van der Waals surface area contributed by atoms with E-state index < -0.39 is 0 Å². The van der Waals surface area contributed by atoms with Crippen LogP contribution in [0.4, 0.5) is 0 Å². The third-order valence-corrected chi connectivity index (χ3v) is 4.94. The summed E-state index contributed by atoms with van der Waals surface area (Å²) in [6.45, 7) is 6.11. The minimum atomic E-state index is -0.0883. The molecule has 2 saturated heterocycles. The van der Waals surface area contributed by atoms with Crippen molar-refractivity contribution >= 4 is 5.91 Å². The Bertz CT molecular complexity index is 745. The lowest BCUT2D eigenvalue weighted by Gasteiger charge is -2.31. The number of para-hydroxylation sites is 1. The molecule has 1 aromatic heterocycles. The molecule has 0 aliphatic carbocycles. The van der Waals surface area contributed by atoms with Gasteiger partial charge in [0, 0.05) is 39.3 Å². The van der Waals surface area contributed by atoms with E-state index in [9.17, 15) is 4.79 Å². The van der Waals surface area contributed by atoms with E-state index in [1.165, 1.54) is 0 Å². The van der Waals surface area contributed by atoms with Crippen LogP contribution in [0.3, 0.4) is 0 Å². The van der Waals surface area contributed by atoms with Gasteiger partial charge in [0.1, 0.15) is 0 Å². The minimum absolute atomic E-state index is 0.0127. The standard InChI is InChI=1S/C19H25N5O3/c25-19(18-15-24(21-20-18)16-5-2-1-3-6-16)23-7-4-10-27-17(14-23)13-22-8-11-26-12-9-22/h1-3,5-6,15,17H,4,7-14H2/t17-/m0/s1. The van der Waals surface area contributed by atoms with Gasteiger partial charge in [-0.05, 0) is 18.6 Å². The second-order valence-corrected chi connectivity index (χ2v) is 6.89. The summed E-state index contributed by atoms with van der Waals surface area (Å²) in [5, 5.41) is 8.20. The largest absolute Gasteiger partial charge is 0.379 e. The summed E-state index contributed by atoms with van der Waals surface area (Å²) >= 11 is 0. The Kier molecular flexibility index (Phi) is 5.76. The van der Waals surface area contributed by atoms with Crippen LogP contribution in [0.25, 0.3) is 5.69 Å². The second kappa shape index (κ2) is 8.60. The van der Waals surface area contributed by atoms with Crippen LogP contribution in [0.1, 0.15) is 16.9 Å². The van der Waals surface area contributed by atoms with E-state index in [4.69, 9.17) is 9.47 Å². The lowest BCUT2D eigenvalue weighted by Crippen LogP contribution is -2.45. The first-order valence-electron chi connectivity index (χ1n) is 9.48. The Hall–Kier alpha value is -2.29. The van der Waals surface area contributed by atoms with E-state index in [-0.39, 0.29) is 12.0 Å². The van der Waals surface area contributed by atoms with E-state index in [2.05, 4.69) is 15.2 Å². The van der Waals surface area contributed by atoms with E-state index in [1.54, 1.807) is 10.9 Å². The van der Waals surface area contributed by atoms with Gasteiger partial charge < -0.3 is 14.4 Å². The molecule has 4 rings (SSSR count). The maximum absolute atomic E-state index is 13.0. The molecule has 8 heteroatoms. The molecule has 0 unspecified atom stereocenters. The van der Waals surface area contributed by atoms with Gasteiger partial charge in [-0.3, -0.25) is 9.69 Å². The predicted molar refractivity (Wildman–Crippen MR) is 98.9 cm³/mol. The summed E-state index contributed by atoms with van der Waals surface area (Å²) in [6.07, 6.45) is 2.54. The van der Waals surface area contributed by atoms with Gasteiger partial charge in [0.05, 0.1) is 31.2 Å². The van der Waals surface area contributed by atoms with E-state index in [1.807, 2.05) is 35.2 Å². The number of benzene rings is 1. The molecule has 0 radical (unpaired) electrons. The summed E-state index contributed by atoms with van der Waals surface area (Å²) in [6, 6.07) is 9.67. The van der Waals surface area contributed by atoms with Gasteiger partial charge in [0.25, 0.3) is 5.91 Å². The number of aromatic nitrogens is 3. The number of morpholine rings is 1. The van der Waals surface area contributed by atoms with Gasteiger partial charge in [0.2, 0.25) is 0 Å². The zero-order valence-corrected chi connectivity index (χ0v) is 15.4. The average molecular weight is 371 g/mol. The smallest absolute Gasteiger partial charge is 0.276 e. The van der Waals surface area contributed by atoms with Gasteiger partial charge in [-0.2, -0.15) is 0 Å². The van der Waals surface area contributed by atoms with Crippen molar-refractivity contribution in [2.45, 2.75) is 12.5 Å². The average Bonchev–Trinajstić information content (AvgIpc) is 3.10. The molecule has 0 spiro atoms. The maximum atomic E-state index is 13.0. The van der Waals surface area contributed by atoms with E-state index >= 15 is 0 Å². The third kappa shape index (κ3) is 4.52. The monoisotopic (exact) mass is 371 g/mol. The molecule has 8 nitrogen and oxygen atoms in total.